The summed E-state index contributed by atoms with van der Waals surface area (Å²) in [5.74, 6) is -1.22. The Hall–Kier alpha value is -4.24. The maximum atomic E-state index is 13.1. The summed E-state index contributed by atoms with van der Waals surface area (Å²) < 4.78 is 11.1. The number of carboxylic acid groups (broad SMARTS) is 1. The van der Waals surface area contributed by atoms with E-state index in [1.165, 1.54) is 17.0 Å². The second kappa shape index (κ2) is 9.09. The third kappa shape index (κ3) is 4.39. The Morgan fingerprint density at radius 3 is 2.55 bits per heavy atom. The molecule has 1 aromatic heterocycles. The van der Waals surface area contributed by atoms with Crippen LogP contribution in [0.3, 0.4) is 0 Å². The van der Waals surface area contributed by atoms with E-state index < -0.39 is 17.8 Å². The van der Waals surface area contributed by atoms with E-state index in [2.05, 4.69) is 5.32 Å². The zero-order chi connectivity index (χ0) is 23.5. The Labute approximate surface area is 194 Å². The summed E-state index contributed by atoms with van der Waals surface area (Å²) in [4.78, 5) is 38.3. The SMILES string of the molecule is CCOc1ccc(N2C(=O)C(=Cc3ccc(-c4ccccc4C(=O)O)o3)C(=O)NC2=S)cc1. The van der Waals surface area contributed by atoms with Crippen LogP contribution in [0.5, 0.6) is 5.75 Å². The maximum absolute atomic E-state index is 13.1. The van der Waals surface area contributed by atoms with Crippen LogP contribution in [0.2, 0.25) is 0 Å². The number of carbonyl (C=O) groups is 3. The number of furan rings is 1. The Kier molecular flexibility index (Phi) is 6.05. The second-order valence-electron chi connectivity index (χ2n) is 6.94. The summed E-state index contributed by atoms with van der Waals surface area (Å²) in [6.07, 6.45) is 1.30. The maximum Gasteiger partial charge on any atom is 0.336 e. The highest BCUT2D eigenvalue weighted by molar-refractivity contribution is 7.80. The van der Waals surface area contributed by atoms with Gasteiger partial charge in [-0.25, -0.2) is 4.79 Å². The molecule has 0 unspecified atom stereocenters. The van der Waals surface area contributed by atoms with Gasteiger partial charge in [0.2, 0.25) is 0 Å². The Morgan fingerprint density at radius 2 is 1.85 bits per heavy atom. The smallest absolute Gasteiger partial charge is 0.336 e. The first-order valence-electron chi connectivity index (χ1n) is 9.96. The van der Waals surface area contributed by atoms with Gasteiger partial charge in [-0.05, 0) is 67.7 Å². The van der Waals surface area contributed by atoms with E-state index in [4.69, 9.17) is 21.4 Å². The number of ether oxygens (including phenoxy) is 1. The minimum atomic E-state index is -1.09. The summed E-state index contributed by atoms with van der Waals surface area (Å²) in [6.45, 7) is 2.37. The van der Waals surface area contributed by atoms with Gasteiger partial charge in [0.05, 0.1) is 17.9 Å². The number of rotatable bonds is 6. The van der Waals surface area contributed by atoms with Crippen molar-refractivity contribution in [2.24, 2.45) is 0 Å². The van der Waals surface area contributed by atoms with Gasteiger partial charge < -0.3 is 14.3 Å². The third-order valence-electron chi connectivity index (χ3n) is 4.84. The van der Waals surface area contributed by atoms with Crippen molar-refractivity contribution in [2.75, 3.05) is 11.5 Å². The summed E-state index contributed by atoms with van der Waals surface area (Å²) in [7, 11) is 0. The van der Waals surface area contributed by atoms with E-state index in [-0.39, 0.29) is 22.0 Å². The minimum Gasteiger partial charge on any atom is -0.494 e. The van der Waals surface area contributed by atoms with Crippen molar-refractivity contribution in [3.05, 3.63) is 77.6 Å². The predicted octanol–water partition coefficient (Wildman–Crippen LogP) is 3.87. The molecule has 3 aromatic rings. The number of carboxylic acids is 1. The fraction of sp³-hybridized carbons (Fsp3) is 0.0833. The average Bonchev–Trinajstić information content (AvgIpc) is 3.26. The van der Waals surface area contributed by atoms with Crippen LogP contribution in [0.4, 0.5) is 5.69 Å². The monoisotopic (exact) mass is 462 g/mol. The molecule has 0 spiro atoms. The van der Waals surface area contributed by atoms with Crippen molar-refractivity contribution in [2.45, 2.75) is 6.92 Å². The number of nitrogens with zero attached hydrogens (tertiary/aromatic N) is 1. The van der Waals surface area contributed by atoms with Crippen LogP contribution in [-0.4, -0.2) is 34.6 Å². The van der Waals surface area contributed by atoms with Crippen molar-refractivity contribution in [1.82, 2.24) is 5.32 Å². The summed E-state index contributed by atoms with van der Waals surface area (Å²) in [6, 6.07) is 16.2. The number of aromatic carboxylic acids is 1. The highest BCUT2D eigenvalue weighted by Gasteiger charge is 2.34. The first-order valence-corrected chi connectivity index (χ1v) is 10.4. The summed E-state index contributed by atoms with van der Waals surface area (Å²) in [5, 5.41) is 11.9. The van der Waals surface area contributed by atoms with Crippen LogP contribution in [0, 0.1) is 0 Å². The lowest BCUT2D eigenvalue weighted by atomic mass is 10.1. The molecule has 1 fully saturated rings. The molecule has 1 saturated heterocycles. The molecule has 9 heteroatoms. The van der Waals surface area contributed by atoms with Crippen LogP contribution in [0.25, 0.3) is 17.4 Å². The first kappa shape index (κ1) is 22.0. The van der Waals surface area contributed by atoms with Crippen LogP contribution in [0.1, 0.15) is 23.0 Å². The molecular weight excluding hydrogens is 444 g/mol. The minimum absolute atomic E-state index is 0.0400. The number of hydrogen-bond donors (Lipinski definition) is 2. The molecule has 0 radical (unpaired) electrons. The molecule has 8 nitrogen and oxygen atoms in total. The summed E-state index contributed by atoms with van der Waals surface area (Å²) in [5.41, 5.74) is 0.746. The lowest BCUT2D eigenvalue weighted by Gasteiger charge is -2.28. The molecule has 0 saturated carbocycles. The molecule has 166 valence electrons. The lowest BCUT2D eigenvalue weighted by Crippen LogP contribution is -2.54. The normalized spacial score (nSPS) is 15.0. The van der Waals surface area contributed by atoms with Gasteiger partial charge in [0.1, 0.15) is 22.8 Å². The standard InChI is InChI=1S/C24H18N2O6S/c1-2-31-15-9-7-14(8-10-15)26-22(28)19(21(27)25-24(26)33)13-16-11-12-20(32-16)17-5-3-4-6-18(17)23(29)30/h3-13H,2H2,1H3,(H,29,30)(H,25,27,33). The van der Waals surface area contributed by atoms with Gasteiger partial charge in [-0.3, -0.25) is 19.8 Å². The molecule has 2 N–H and O–H groups in total. The van der Waals surface area contributed by atoms with Crippen molar-refractivity contribution in [3.8, 4) is 17.1 Å². The second-order valence-corrected chi connectivity index (χ2v) is 7.32. The molecule has 2 heterocycles. The van der Waals surface area contributed by atoms with Gasteiger partial charge in [0, 0.05) is 5.56 Å². The molecule has 1 aliphatic heterocycles. The number of amides is 2. The van der Waals surface area contributed by atoms with Gasteiger partial charge in [-0.2, -0.15) is 0 Å². The first-order chi connectivity index (χ1) is 15.9. The topological polar surface area (TPSA) is 109 Å². The zero-order valence-electron chi connectivity index (χ0n) is 17.4. The number of anilines is 1. The van der Waals surface area contributed by atoms with E-state index in [1.54, 1.807) is 54.6 Å². The Bertz CT molecular complexity index is 1290. The number of thiocarbonyl (C=S) groups is 1. The van der Waals surface area contributed by atoms with E-state index in [0.29, 0.717) is 29.4 Å². The van der Waals surface area contributed by atoms with Crippen molar-refractivity contribution in [1.29, 1.82) is 0 Å². The average molecular weight is 462 g/mol. The predicted molar refractivity (Wildman–Crippen MR) is 125 cm³/mol. The highest BCUT2D eigenvalue weighted by Crippen LogP contribution is 2.28. The number of carbonyl (C=O) groups excluding carboxylic acids is 2. The number of nitrogens with one attached hydrogen (secondary N) is 1. The van der Waals surface area contributed by atoms with E-state index in [0.717, 1.165) is 0 Å². The molecule has 0 aliphatic carbocycles. The van der Waals surface area contributed by atoms with Gasteiger partial charge in [0.25, 0.3) is 11.8 Å². The molecule has 33 heavy (non-hydrogen) atoms. The van der Waals surface area contributed by atoms with Gasteiger partial charge in [-0.1, -0.05) is 18.2 Å². The lowest BCUT2D eigenvalue weighted by molar-refractivity contribution is -0.122. The van der Waals surface area contributed by atoms with Crippen LogP contribution < -0.4 is 15.0 Å². The highest BCUT2D eigenvalue weighted by atomic mass is 32.1. The fourth-order valence-corrected chi connectivity index (χ4v) is 3.63. The molecule has 4 rings (SSSR count). The Balaban J connectivity index is 1.65. The number of hydrogen-bond acceptors (Lipinski definition) is 6. The molecule has 2 amide bonds. The molecule has 0 atom stereocenters. The Morgan fingerprint density at radius 1 is 1.12 bits per heavy atom. The quantitative estimate of drug-likeness (QED) is 0.325. The molecular formula is C24H18N2O6S. The van der Waals surface area contributed by atoms with Crippen molar-refractivity contribution in [3.63, 3.8) is 0 Å². The van der Waals surface area contributed by atoms with Gasteiger partial charge in [0.15, 0.2) is 5.11 Å². The van der Waals surface area contributed by atoms with Crippen LogP contribution in [0.15, 0.2) is 70.7 Å². The van der Waals surface area contributed by atoms with Crippen molar-refractivity contribution >= 4 is 46.9 Å². The van der Waals surface area contributed by atoms with E-state index >= 15 is 0 Å². The van der Waals surface area contributed by atoms with Crippen molar-refractivity contribution < 1.29 is 28.6 Å². The van der Waals surface area contributed by atoms with E-state index in [1.807, 2.05) is 6.92 Å². The molecule has 2 aromatic carbocycles. The number of benzene rings is 2. The fourth-order valence-electron chi connectivity index (χ4n) is 3.35. The van der Waals surface area contributed by atoms with Gasteiger partial charge in [-0.15, -0.1) is 0 Å². The van der Waals surface area contributed by atoms with Gasteiger partial charge >= 0.3 is 5.97 Å². The van der Waals surface area contributed by atoms with Crippen LogP contribution in [-0.2, 0) is 9.59 Å². The molecule has 1 aliphatic rings. The largest absolute Gasteiger partial charge is 0.494 e. The molecule has 0 bridgehead atoms. The third-order valence-corrected chi connectivity index (χ3v) is 5.13. The zero-order valence-corrected chi connectivity index (χ0v) is 18.2. The van der Waals surface area contributed by atoms with Crippen LogP contribution >= 0.6 is 12.2 Å². The van der Waals surface area contributed by atoms with E-state index in [9.17, 15) is 19.5 Å². The summed E-state index contributed by atoms with van der Waals surface area (Å²) >= 11 is 5.21.